The van der Waals surface area contributed by atoms with Crippen LogP contribution in [0.15, 0.2) is 22.7 Å². The molecule has 0 saturated carbocycles. The molecule has 0 bridgehead atoms. The number of carbonyl (C=O) groups is 1. The van der Waals surface area contributed by atoms with Gasteiger partial charge in [0.05, 0.1) is 12.3 Å². The first kappa shape index (κ1) is 22.4. The van der Waals surface area contributed by atoms with E-state index in [1.54, 1.807) is 0 Å². The first-order chi connectivity index (χ1) is 13.4. The highest BCUT2D eigenvalue weighted by Crippen LogP contribution is 2.30. The number of halogens is 1. The number of hydrogen-bond acceptors (Lipinski definition) is 3. The molecule has 0 saturated heterocycles. The first-order valence-electron chi connectivity index (χ1n) is 10.1. The number of nitrogens with one attached hydrogen (secondary N) is 1. The third-order valence-electron chi connectivity index (χ3n) is 4.79. The second-order valence-electron chi connectivity index (χ2n) is 7.04. The molecule has 0 fully saturated rings. The van der Waals surface area contributed by atoms with Crippen molar-refractivity contribution in [1.82, 2.24) is 4.98 Å². The van der Waals surface area contributed by atoms with E-state index in [0.29, 0.717) is 23.6 Å². The van der Waals surface area contributed by atoms with Crippen LogP contribution in [0.5, 0.6) is 5.75 Å². The summed E-state index contributed by atoms with van der Waals surface area (Å²) in [5.74, 6) is 0.453. The first-order valence-corrected chi connectivity index (χ1v) is 10.9. The maximum absolute atomic E-state index is 13.2. The molecular formula is C23H31BrN2O2. The number of ether oxygens (including phenoxy) is 1. The molecule has 0 atom stereocenters. The monoisotopic (exact) mass is 446 g/mol. The summed E-state index contributed by atoms with van der Waals surface area (Å²) >= 11 is 3.57. The van der Waals surface area contributed by atoms with Gasteiger partial charge in [0.2, 0.25) is 0 Å². The Labute approximate surface area is 177 Å². The molecule has 1 N–H and O–H groups in total. The van der Waals surface area contributed by atoms with Crippen molar-refractivity contribution >= 4 is 27.5 Å². The third-order valence-corrected chi connectivity index (χ3v) is 5.25. The maximum Gasteiger partial charge on any atom is 0.261 e. The van der Waals surface area contributed by atoms with Gasteiger partial charge in [-0.3, -0.25) is 9.78 Å². The second kappa shape index (κ2) is 10.6. The fourth-order valence-electron chi connectivity index (χ4n) is 3.34. The molecule has 4 nitrogen and oxygen atoms in total. The normalized spacial score (nSPS) is 10.8. The Kier molecular flexibility index (Phi) is 8.49. The highest BCUT2D eigenvalue weighted by Gasteiger charge is 2.20. The summed E-state index contributed by atoms with van der Waals surface area (Å²) in [6.45, 7) is 10.7. The Hall–Kier alpha value is -1.88. The van der Waals surface area contributed by atoms with Gasteiger partial charge in [0, 0.05) is 21.9 Å². The van der Waals surface area contributed by atoms with E-state index >= 15 is 0 Å². The van der Waals surface area contributed by atoms with E-state index in [2.05, 4.69) is 59.1 Å². The van der Waals surface area contributed by atoms with Crippen LogP contribution in [-0.2, 0) is 12.8 Å². The smallest absolute Gasteiger partial charge is 0.261 e. The summed E-state index contributed by atoms with van der Waals surface area (Å²) in [6, 6.07) is 5.99. The molecule has 0 unspecified atom stereocenters. The predicted molar refractivity (Wildman–Crippen MR) is 120 cm³/mol. The van der Waals surface area contributed by atoms with Crippen molar-refractivity contribution in [2.75, 3.05) is 11.9 Å². The van der Waals surface area contributed by atoms with Gasteiger partial charge in [-0.15, -0.1) is 0 Å². The van der Waals surface area contributed by atoms with Crippen LogP contribution >= 0.6 is 15.9 Å². The van der Waals surface area contributed by atoms with Crippen molar-refractivity contribution in [3.63, 3.8) is 0 Å². The fourth-order valence-corrected chi connectivity index (χ4v) is 3.89. The molecule has 0 aliphatic rings. The third kappa shape index (κ3) is 5.57. The Bertz CT molecular complexity index is 809. The largest absolute Gasteiger partial charge is 0.493 e. The second-order valence-corrected chi connectivity index (χ2v) is 7.95. The quantitative estimate of drug-likeness (QED) is 0.452. The molecule has 2 aromatic rings. The molecule has 1 amide bonds. The fraction of sp³-hybridized carbons (Fsp3) is 0.478. The van der Waals surface area contributed by atoms with Crippen LogP contribution in [-0.4, -0.2) is 17.5 Å². The zero-order valence-corrected chi connectivity index (χ0v) is 19.2. The summed E-state index contributed by atoms with van der Waals surface area (Å²) in [6.07, 6.45) is 4.91. The molecule has 1 heterocycles. The van der Waals surface area contributed by atoms with E-state index in [4.69, 9.17) is 4.74 Å². The minimum atomic E-state index is -0.165. The summed E-state index contributed by atoms with van der Waals surface area (Å²) in [5.41, 5.74) is 5.19. The summed E-state index contributed by atoms with van der Waals surface area (Å²) in [5, 5.41) is 3.15. The molecule has 0 spiro atoms. The predicted octanol–water partition coefficient (Wildman–Crippen LogP) is 6.41. The van der Waals surface area contributed by atoms with Crippen LogP contribution < -0.4 is 10.1 Å². The number of aromatic nitrogens is 1. The topological polar surface area (TPSA) is 51.2 Å². The highest BCUT2D eigenvalue weighted by atomic mass is 79.9. The summed E-state index contributed by atoms with van der Waals surface area (Å²) in [4.78, 5) is 17.7. The van der Waals surface area contributed by atoms with Crippen LogP contribution in [0, 0.1) is 13.8 Å². The van der Waals surface area contributed by atoms with E-state index in [1.807, 2.05) is 19.9 Å². The van der Waals surface area contributed by atoms with Gasteiger partial charge < -0.3 is 10.1 Å². The van der Waals surface area contributed by atoms with Crippen molar-refractivity contribution in [3.05, 3.63) is 50.8 Å². The molecule has 2 rings (SSSR count). The number of amides is 1. The van der Waals surface area contributed by atoms with Crippen molar-refractivity contribution in [2.45, 2.75) is 66.7 Å². The zero-order chi connectivity index (χ0) is 20.7. The van der Waals surface area contributed by atoms with Crippen LogP contribution in [0.2, 0.25) is 0 Å². The minimum Gasteiger partial charge on any atom is -0.493 e. The van der Waals surface area contributed by atoms with E-state index in [-0.39, 0.29) is 5.91 Å². The SMILES string of the molecule is CCCCCOc1cc(C)nc(C)c1C(=O)Nc1c(CC)cc(Br)cc1CC. The Balaban J connectivity index is 2.37. The number of anilines is 1. The van der Waals surface area contributed by atoms with Crippen molar-refractivity contribution in [2.24, 2.45) is 0 Å². The van der Waals surface area contributed by atoms with Crippen molar-refractivity contribution < 1.29 is 9.53 Å². The average Bonchev–Trinajstić information content (AvgIpc) is 2.65. The number of carbonyl (C=O) groups excluding carboxylic acids is 1. The Morgan fingerprint density at radius 3 is 2.29 bits per heavy atom. The summed E-state index contributed by atoms with van der Waals surface area (Å²) < 4.78 is 7.02. The van der Waals surface area contributed by atoms with Gasteiger partial charge in [-0.05, 0) is 56.4 Å². The Morgan fingerprint density at radius 1 is 1.07 bits per heavy atom. The van der Waals surface area contributed by atoms with Crippen LogP contribution in [0.4, 0.5) is 5.69 Å². The van der Waals surface area contributed by atoms with Gasteiger partial charge >= 0.3 is 0 Å². The van der Waals surface area contributed by atoms with Gasteiger partial charge in [-0.2, -0.15) is 0 Å². The lowest BCUT2D eigenvalue weighted by atomic mass is 10.0. The lowest BCUT2D eigenvalue weighted by Crippen LogP contribution is -2.18. The molecule has 0 aliphatic carbocycles. The lowest BCUT2D eigenvalue weighted by molar-refractivity contribution is 0.102. The molecule has 1 aromatic carbocycles. The number of pyridine rings is 1. The van der Waals surface area contributed by atoms with Gasteiger partial charge in [-0.25, -0.2) is 0 Å². The lowest BCUT2D eigenvalue weighted by Gasteiger charge is -2.18. The molecule has 0 radical (unpaired) electrons. The van der Waals surface area contributed by atoms with E-state index in [9.17, 15) is 4.79 Å². The van der Waals surface area contributed by atoms with E-state index < -0.39 is 0 Å². The van der Waals surface area contributed by atoms with Crippen LogP contribution in [0.25, 0.3) is 0 Å². The number of benzene rings is 1. The molecular weight excluding hydrogens is 416 g/mol. The van der Waals surface area contributed by atoms with E-state index in [1.165, 1.54) is 0 Å². The number of nitrogens with zero attached hydrogens (tertiary/aromatic N) is 1. The average molecular weight is 447 g/mol. The molecule has 1 aromatic heterocycles. The van der Waals surface area contributed by atoms with Crippen molar-refractivity contribution in [1.29, 1.82) is 0 Å². The minimum absolute atomic E-state index is 0.165. The molecule has 152 valence electrons. The maximum atomic E-state index is 13.2. The number of unbranched alkanes of at least 4 members (excludes halogenated alkanes) is 2. The van der Waals surface area contributed by atoms with Crippen LogP contribution in [0.3, 0.4) is 0 Å². The highest BCUT2D eigenvalue weighted by molar-refractivity contribution is 9.10. The molecule has 28 heavy (non-hydrogen) atoms. The standard InChI is InChI=1S/C23H31BrN2O2/c1-6-9-10-11-28-20-12-15(4)25-16(5)21(20)23(27)26-22-17(7-2)13-19(24)14-18(22)8-3/h12-14H,6-11H2,1-5H3,(H,26,27). The van der Waals surface area contributed by atoms with Crippen molar-refractivity contribution in [3.8, 4) is 5.75 Å². The zero-order valence-electron chi connectivity index (χ0n) is 17.6. The van der Waals surface area contributed by atoms with Crippen LogP contribution in [0.1, 0.15) is 72.9 Å². The molecule has 5 heteroatoms. The number of rotatable bonds is 9. The number of hydrogen-bond donors (Lipinski definition) is 1. The van der Waals surface area contributed by atoms with E-state index in [0.717, 1.165) is 59.1 Å². The van der Waals surface area contributed by atoms with Gasteiger partial charge in [0.15, 0.2) is 0 Å². The Morgan fingerprint density at radius 2 is 1.71 bits per heavy atom. The van der Waals surface area contributed by atoms with Gasteiger partial charge in [0.1, 0.15) is 11.3 Å². The molecule has 0 aliphatic heterocycles. The van der Waals surface area contributed by atoms with Gasteiger partial charge in [-0.1, -0.05) is 49.5 Å². The summed E-state index contributed by atoms with van der Waals surface area (Å²) in [7, 11) is 0. The number of aryl methyl sites for hydroxylation is 4. The van der Waals surface area contributed by atoms with Gasteiger partial charge in [0.25, 0.3) is 5.91 Å².